The molecule has 3 rings (SSSR count). The summed E-state index contributed by atoms with van der Waals surface area (Å²) in [6.07, 6.45) is 0. The molecule has 0 saturated heterocycles. The Kier molecular flexibility index (Phi) is 5.62. The fraction of sp³-hybridized carbons (Fsp3) is 0.0526. The molecule has 6 nitrogen and oxygen atoms in total. The van der Waals surface area contributed by atoms with E-state index in [0.717, 1.165) is 17.8 Å². The second-order valence-corrected chi connectivity index (χ2v) is 7.93. The van der Waals surface area contributed by atoms with Crippen LogP contribution in [0.4, 0.5) is 15.9 Å². The van der Waals surface area contributed by atoms with Crippen LogP contribution in [0.1, 0.15) is 16.1 Å². The third-order valence-electron chi connectivity index (χ3n) is 3.71. The van der Waals surface area contributed by atoms with Gasteiger partial charge in [-0.05, 0) is 61.5 Å². The van der Waals surface area contributed by atoms with E-state index in [9.17, 15) is 17.6 Å². The van der Waals surface area contributed by atoms with Crippen molar-refractivity contribution in [2.45, 2.75) is 11.8 Å². The predicted molar refractivity (Wildman–Crippen MR) is 106 cm³/mol. The normalized spacial score (nSPS) is 11.1. The van der Waals surface area contributed by atoms with E-state index in [4.69, 9.17) is 11.6 Å². The minimum Gasteiger partial charge on any atom is -0.307 e. The lowest BCUT2D eigenvalue weighted by atomic mass is 10.2. The van der Waals surface area contributed by atoms with Gasteiger partial charge < -0.3 is 5.32 Å². The van der Waals surface area contributed by atoms with Gasteiger partial charge in [0.2, 0.25) is 0 Å². The Balaban J connectivity index is 1.87. The standard InChI is InChI=1S/C19H15ClFN3O3S/c1-12-3-2-4-18(22-12)23-19(25)13-5-10-16(20)17(11-13)28(26,27)24-15-8-6-14(21)7-9-15/h2-11,24H,1H3,(H,22,23,25). The maximum atomic E-state index is 13.0. The quantitative estimate of drug-likeness (QED) is 0.647. The van der Waals surface area contributed by atoms with Gasteiger partial charge >= 0.3 is 0 Å². The molecule has 1 aromatic heterocycles. The first-order chi connectivity index (χ1) is 13.2. The molecule has 2 N–H and O–H groups in total. The molecule has 0 aliphatic carbocycles. The molecule has 0 aliphatic rings. The molecule has 3 aromatic rings. The van der Waals surface area contributed by atoms with Crippen LogP contribution >= 0.6 is 11.6 Å². The number of aryl methyl sites for hydroxylation is 1. The zero-order valence-corrected chi connectivity index (χ0v) is 16.2. The number of hydrogen-bond acceptors (Lipinski definition) is 4. The molecule has 0 bridgehead atoms. The molecule has 0 fully saturated rings. The molecule has 0 saturated carbocycles. The number of amides is 1. The van der Waals surface area contributed by atoms with Crippen molar-refractivity contribution in [3.63, 3.8) is 0 Å². The van der Waals surface area contributed by atoms with Crippen LogP contribution in [0.5, 0.6) is 0 Å². The van der Waals surface area contributed by atoms with Crippen molar-refractivity contribution in [2.24, 2.45) is 0 Å². The van der Waals surface area contributed by atoms with Crippen LogP contribution in [0.25, 0.3) is 0 Å². The summed E-state index contributed by atoms with van der Waals surface area (Å²) in [5.74, 6) is -0.689. The van der Waals surface area contributed by atoms with Gasteiger partial charge in [0.05, 0.1) is 5.02 Å². The molecule has 0 atom stereocenters. The number of carbonyl (C=O) groups excluding carboxylic acids is 1. The SMILES string of the molecule is Cc1cccc(NC(=O)c2ccc(Cl)c(S(=O)(=O)Nc3ccc(F)cc3)c2)n1. The number of nitrogens with zero attached hydrogens (tertiary/aromatic N) is 1. The van der Waals surface area contributed by atoms with Gasteiger partial charge in [0.1, 0.15) is 16.5 Å². The van der Waals surface area contributed by atoms with E-state index in [-0.39, 0.29) is 21.2 Å². The van der Waals surface area contributed by atoms with Crippen LogP contribution in [0.15, 0.2) is 65.6 Å². The van der Waals surface area contributed by atoms with Gasteiger partial charge in [-0.15, -0.1) is 0 Å². The summed E-state index contributed by atoms with van der Waals surface area (Å²) in [5.41, 5.74) is 0.976. The lowest BCUT2D eigenvalue weighted by Gasteiger charge is -2.11. The number of rotatable bonds is 5. The number of benzene rings is 2. The molecule has 0 radical (unpaired) electrons. The summed E-state index contributed by atoms with van der Waals surface area (Å²) < 4.78 is 40.6. The molecule has 9 heteroatoms. The van der Waals surface area contributed by atoms with Crippen LogP contribution in [-0.4, -0.2) is 19.3 Å². The molecule has 28 heavy (non-hydrogen) atoms. The average Bonchev–Trinajstić information content (AvgIpc) is 2.63. The number of pyridine rings is 1. The molecule has 1 amide bonds. The first kappa shape index (κ1) is 19.8. The highest BCUT2D eigenvalue weighted by Gasteiger charge is 2.21. The highest BCUT2D eigenvalue weighted by Crippen LogP contribution is 2.25. The third-order valence-corrected chi connectivity index (χ3v) is 5.57. The summed E-state index contributed by atoms with van der Waals surface area (Å²) in [4.78, 5) is 16.4. The van der Waals surface area contributed by atoms with Gasteiger partial charge in [-0.1, -0.05) is 17.7 Å². The fourth-order valence-electron chi connectivity index (χ4n) is 2.38. The molecule has 0 unspecified atom stereocenters. The Morgan fingerprint density at radius 2 is 1.79 bits per heavy atom. The van der Waals surface area contributed by atoms with Gasteiger partial charge in [0.15, 0.2) is 0 Å². The maximum absolute atomic E-state index is 13.0. The van der Waals surface area contributed by atoms with E-state index in [1.54, 1.807) is 25.1 Å². The highest BCUT2D eigenvalue weighted by molar-refractivity contribution is 7.92. The lowest BCUT2D eigenvalue weighted by molar-refractivity contribution is 0.102. The van der Waals surface area contributed by atoms with Crippen molar-refractivity contribution in [3.8, 4) is 0 Å². The summed E-state index contributed by atoms with van der Waals surface area (Å²) in [6, 6.07) is 13.8. The zero-order valence-electron chi connectivity index (χ0n) is 14.6. The number of carbonyl (C=O) groups is 1. The fourth-order valence-corrected chi connectivity index (χ4v) is 3.97. The topological polar surface area (TPSA) is 88.2 Å². The van der Waals surface area contributed by atoms with Crippen molar-refractivity contribution in [1.29, 1.82) is 0 Å². The third kappa shape index (κ3) is 4.65. The van der Waals surface area contributed by atoms with Crippen molar-refractivity contribution in [3.05, 3.63) is 82.8 Å². The second kappa shape index (κ2) is 7.95. The molecule has 144 valence electrons. The molecule has 0 aliphatic heterocycles. The van der Waals surface area contributed by atoms with Gasteiger partial charge in [-0.25, -0.2) is 17.8 Å². The van der Waals surface area contributed by atoms with Crippen LogP contribution in [0.2, 0.25) is 5.02 Å². The smallest absolute Gasteiger partial charge is 0.263 e. The lowest BCUT2D eigenvalue weighted by Crippen LogP contribution is -2.17. The van der Waals surface area contributed by atoms with E-state index in [2.05, 4.69) is 15.0 Å². The first-order valence-electron chi connectivity index (χ1n) is 8.07. The largest absolute Gasteiger partial charge is 0.307 e. The van der Waals surface area contributed by atoms with Crippen LogP contribution in [0, 0.1) is 12.7 Å². The molecular weight excluding hydrogens is 405 g/mol. The number of halogens is 2. The summed E-state index contributed by atoms with van der Waals surface area (Å²) in [7, 11) is -4.09. The highest BCUT2D eigenvalue weighted by atomic mass is 35.5. The Bertz CT molecular complexity index is 1140. The van der Waals surface area contributed by atoms with Crippen molar-refractivity contribution in [2.75, 3.05) is 10.0 Å². The molecule has 0 spiro atoms. The monoisotopic (exact) mass is 419 g/mol. The Hall–Kier alpha value is -2.97. The van der Waals surface area contributed by atoms with Gasteiger partial charge in [0.25, 0.3) is 15.9 Å². The molecular formula is C19H15ClFN3O3S. The van der Waals surface area contributed by atoms with Crippen molar-refractivity contribution >= 4 is 39.0 Å². The Morgan fingerprint density at radius 3 is 2.46 bits per heavy atom. The van der Waals surface area contributed by atoms with Crippen molar-refractivity contribution < 1.29 is 17.6 Å². The molecule has 1 heterocycles. The number of aromatic nitrogens is 1. The predicted octanol–water partition coefficient (Wildman–Crippen LogP) is 4.24. The summed E-state index contributed by atoms with van der Waals surface area (Å²) >= 11 is 6.03. The summed E-state index contributed by atoms with van der Waals surface area (Å²) in [5, 5.41) is 2.55. The van der Waals surface area contributed by atoms with E-state index in [1.165, 1.54) is 30.3 Å². The first-order valence-corrected chi connectivity index (χ1v) is 9.94. The van der Waals surface area contributed by atoms with Crippen LogP contribution < -0.4 is 10.0 Å². The zero-order chi connectivity index (χ0) is 20.3. The van der Waals surface area contributed by atoms with Crippen LogP contribution in [0.3, 0.4) is 0 Å². The number of nitrogens with one attached hydrogen (secondary N) is 2. The average molecular weight is 420 g/mol. The van der Waals surface area contributed by atoms with Crippen molar-refractivity contribution in [1.82, 2.24) is 4.98 Å². The Labute approximate surface area is 166 Å². The van der Waals surface area contributed by atoms with E-state index in [0.29, 0.717) is 5.82 Å². The van der Waals surface area contributed by atoms with E-state index in [1.807, 2.05) is 0 Å². The van der Waals surface area contributed by atoms with Gasteiger partial charge in [-0.3, -0.25) is 9.52 Å². The minimum absolute atomic E-state index is 0.0557. The van der Waals surface area contributed by atoms with Crippen LogP contribution in [-0.2, 0) is 10.0 Å². The number of anilines is 2. The maximum Gasteiger partial charge on any atom is 0.263 e. The number of hydrogen-bond donors (Lipinski definition) is 2. The van der Waals surface area contributed by atoms with Gasteiger partial charge in [0, 0.05) is 16.9 Å². The van der Waals surface area contributed by atoms with E-state index >= 15 is 0 Å². The Morgan fingerprint density at radius 1 is 1.07 bits per heavy atom. The minimum atomic E-state index is -4.09. The number of sulfonamides is 1. The van der Waals surface area contributed by atoms with Gasteiger partial charge in [-0.2, -0.15) is 0 Å². The summed E-state index contributed by atoms with van der Waals surface area (Å²) in [6.45, 7) is 1.78. The molecule has 2 aromatic carbocycles. The second-order valence-electron chi connectivity index (χ2n) is 5.88. The van der Waals surface area contributed by atoms with E-state index < -0.39 is 21.7 Å².